The van der Waals surface area contributed by atoms with Crippen molar-refractivity contribution in [1.29, 1.82) is 0 Å². The molecule has 0 aromatic heterocycles. The quantitative estimate of drug-likeness (QED) is 0.726. The van der Waals surface area contributed by atoms with Crippen molar-refractivity contribution in [2.75, 3.05) is 5.73 Å². The van der Waals surface area contributed by atoms with Crippen molar-refractivity contribution in [3.8, 4) is 0 Å². The summed E-state index contributed by atoms with van der Waals surface area (Å²) in [6.45, 7) is 1.84. The molecule has 0 aliphatic heterocycles. The van der Waals surface area contributed by atoms with E-state index in [4.69, 9.17) is 11.5 Å². The molecule has 0 atom stereocenters. The van der Waals surface area contributed by atoms with Crippen LogP contribution in [-0.4, -0.2) is 17.9 Å². The number of hydrogen-bond acceptors (Lipinski definition) is 3. The van der Waals surface area contributed by atoms with Crippen molar-refractivity contribution in [2.45, 2.75) is 38.6 Å². The van der Waals surface area contributed by atoms with Crippen LogP contribution >= 0.6 is 0 Å². The number of benzene rings is 1. The average Bonchev–Trinajstić information content (AvgIpc) is 2.42. The summed E-state index contributed by atoms with van der Waals surface area (Å²) in [5.41, 5.74) is 13.1. The highest BCUT2D eigenvalue weighted by Crippen LogP contribution is 2.24. The number of carbonyl (C=O) groups is 2. The predicted octanol–water partition coefficient (Wildman–Crippen LogP) is 1.35. The van der Waals surface area contributed by atoms with Gasteiger partial charge in [-0.3, -0.25) is 9.59 Å². The number of anilines is 1. The van der Waals surface area contributed by atoms with Crippen molar-refractivity contribution in [3.63, 3.8) is 0 Å². The van der Waals surface area contributed by atoms with Crippen molar-refractivity contribution in [1.82, 2.24) is 5.32 Å². The number of rotatable bonds is 3. The van der Waals surface area contributed by atoms with Crippen molar-refractivity contribution < 1.29 is 9.59 Å². The zero-order valence-corrected chi connectivity index (χ0v) is 11.7. The summed E-state index contributed by atoms with van der Waals surface area (Å²) in [6, 6.07) is 5.44. The third kappa shape index (κ3) is 3.10. The van der Waals surface area contributed by atoms with Gasteiger partial charge in [0.05, 0.1) is 0 Å². The highest BCUT2D eigenvalue weighted by molar-refractivity contribution is 5.97. The largest absolute Gasteiger partial charge is 0.398 e. The summed E-state index contributed by atoms with van der Waals surface area (Å²) in [6.07, 6.45) is 3.08. The van der Waals surface area contributed by atoms with E-state index in [1.165, 1.54) is 0 Å². The van der Waals surface area contributed by atoms with Gasteiger partial charge in [0.15, 0.2) is 0 Å². The van der Waals surface area contributed by atoms with E-state index in [1.54, 1.807) is 18.2 Å². The van der Waals surface area contributed by atoms with Gasteiger partial charge >= 0.3 is 0 Å². The number of hydrogen-bond donors (Lipinski definition) is 3. The van der Waals surface area contributed by atoms with Crippen LogP contribution in [0.4, 0.5) is 5.69 Å². The van der Waals surface area contributed by atoms with Crippen LogP contribution in [0.2, 0.25) is 0 Å². The van der Waals surface area contributed by atoms with E-state index in [2.05, 4.69) is 5.32 Å². The number of nitrogen functional groups attached to an aromatic ring is 1. The van der Waals surface area contributed by atoms with Gasteiger partial charge in [0.2, 0.25) is 5.91 Å². The number of nitrogens with two attached hydrogens (primary N) is 2. The van der Waals surface area contributed by atoms with Gasteiger partial charge in [-0.1, -0.05) is 6.07 Å². The lowest BCUT2D eigenvalue weighted by Crippen LogP contribution is -2.40. The molecule has 1 fully saturated rings. The summed E-state index contributed by atoms with van der Waals surface area (Å²) in [5, 5.41) is 3.02. The van der Waals surface area contributed by atoms with Gasteiger partial charge in [0, 0.05) is 23.2 Å². The number of nitrogens with one attached hydrogen (secondary N) is 1. The van der Waals surface area contributed by atoms with E-state index in [0.29, 0.717) is 11.3 Å². The van der Waals surface area contributed by atoms with Crippen LogP contribution in [0.1, 0.15) is 41.6 Å². The average molecular weight is 275 g/mol. The summed E-state index contributed by atoms with van der Waals surface area (Å²) in [5.74, 6) is -0.379. The molecule has 1 aliphatic carbocycles. The lowest BCUT2D eigenvalue weighted by Gasteiger charge is -2.27. The standard InChI is InChI=1S/C15H21N3O2/c1-9-12(3-2-4-13(9)16)15(20)18-11-7-5-10(6-8-11)14(17)19/h2-4,10-11H,5-8,16H2,1H3,(H2,17,19)(H,18,20). The van der Waals surface area contributed by atoms with E-state index in [-0.39, 0.29) is 23.8 Å². The number of primary amides is 1. The first kappa shape index (κ1) is 14.4. The maximum Gasteiger partial charge on any atom is 0.251 e. The highest BCUT2D eigenvalue weighted by Gasteiger charge is 2.26. The Balaban J connectivity index is 1.96. The molecule has 5 N–H and O–H groups in total. The fourth-order valence-corrected chi connectivity index (χ4v) is 2.68. The van der Waals surface area contributed by atoms with Crippen molar-refractivity contribution >= 4 is 17.5 Å². The molecule has 0 saturated heterocycles. The molecule has 1 saturated carbocycles. The molecular weight excluding hydrogens is 254 g/mol. The van der Waals surface area contributed by atoms with Gasteiger partial charge < -0.3 is 16.8 Å². The van der Waals surface area contributed by atoms with Gasteiger partial charge in [-0.15, -0.1) is 0 Å². The van der Waals surface area contributed by atoms with E-state index >= 15 is 0 Å². The van der Waals surface area contributed by atoms with Crippen LogP contribution in [0.5, 0.6) is 0 Å². The molecule has 0 spiro atoms. The van der Waals surface area contributed by atoms with E-state index in [0.717, 1.165) is 31.2 Å². The SMILES string of the molecule is Cc1c(N)cccc1C(=O)NC1CCC(C(N)=O)CC1. The molecule has 2 rings (SSSR count). The minimum atomic E-state index is -0.235. The van der Waals surface area contributed by atoms with Gasteiger partial charge in [0.1, 0.15) is 0 Å². The smallest absolute Gasteiger partial charge is 0.251 e. The number of amides is 2. The second-order valence-electron chi connectivity index (χ2n) is 5.44. The van der Waals surface area contributed by atoms with Gasteiger partial charge in [-0.2, -0.15) is 0 Å². The van der Waals surface area contributed by atoms with Crippen LogP contribution in [-0.2, 0) is 4.79 Å². The lowest BCUT2D eigenvalue weighted by atomic mass is 9.85. The molecule has 0 heterocycles. The summed E-state index contributed by atoms with van der Waals surface area (Å²) >= 11 is 0. The fourth-order valence-electron chi connectivity index (χ4n) is 2.68. The molecular formula is C15H21N3O2. The van der Waals surface area contributed by atoms with Crippen LogP contribution < -0.4 is 16.8 Å². The van der Waals surface area contributed by atoms with Crippen LogP contribution in [0.3, 0.4) is 0 Å². The van der Waals surface area contributed by atoms with Gasteiger partial charge in [-0.05, 0) is 50.3 Å². The fraction of sp³-hybridized carbons (Fsp3) is 0.467. The van der Waals surface area contributed by atoms with E-state index in [9.17, 15) is 9.59 Å². The molecule has 1 aliphatic rings. The first-order valence-electron chi connectivity index (χ1n) is 6.94. The minimum Gasteiger partial charge on any atom is -0.398 e. The molecule has 2 amide bonds. The Morgan fingerprint density at radius 2 is 1.85 bits per heavy atom. The molecule has 108 valence electrons. The van der Waals surface area contributed by atoms with Crippen molar-refractivity contribution in [3.05, 3.63) is 29.3 Å². The molecule has 1 aromatic rings. The highest BCUT2D eigenvalue weighted by atomic mass is 16.2. The Morgan fingerprint density at radius 3 is 2.45 bits per heavy atom. The van der Waals surface area contributed by atoms with E-state index < -0.39 is 0 Å². The Bertz CT molecular complexity index is 520. The van der Waals surface area contributed by atoms with Crippen molar-refractivity contribution in [2.24, 2.45) is 11.7 Å². The molecule has 0 radical (unpaired) electrons. The van der Waals surface area contributed by atoms with Crippen LogP contribution in [0.25, 0.3) is 0 Å². The molecule has 5 heteroatoms. The predicted molar refractivity (Wildman–Crippen MR) is 78.0 cm³/mol. The third-order valence-electron chi connectivity index (χ3n) is 4.09. The normalized spacial score (nSPS) is 22.2. The molecule has 20 heavy (non-hydrogen) atoms. The first-order valence-corrected chi connectivity index (χ1v) is 6.94. The Hall–Kier alpha value is -2.04. The minimum absolute atomic E-state index is 0.0442. The Labute approximate surface area is 118 Å². The Kier molecular flexibility index (Phi) is 4.27. The Morgan fingerprint density at radius 1 is 1.20 bits per heavy atom. The summed E-state index contributed by atoms with van der Waals surface area (Å²) in [4.78, 5) is 23.4. The topological polar surface area (TPSA) is 98.2 Å². The molecule has 0 bridgehead atoms. The first-order chi connectivity index (χ1) is 9.49. The maximum atomic E-state index is 12.2. The van der Waals surface area contributed by atoms with E-state index in [1.807, 2.05) is 6.92 Å². The number of carbonyl (C=O) groups excluding carboxylic acids is 2. The van der Waals surface area contributed by atoms with Gasteiger partial charge in [0.25, 0.3) is 5.91 Å². The van der Waals surface area contributed by atoms with Crippen LogP contribution in [0, 0.1) is 12.8 Å². The second kappa shape index (κ2) is 5.94. The maximum absolute atomic E-state index is 12.2. The van der Waals surface area contributed by atoms with Gasteiger partial charge in [-0.25, -0.2) is 0 Å². The third-order valence-corrected chi connectivity index (χ3v) is 4.09. The zero-order valence-electron chi connectivity index (χ0n) is 11.7. The molecule has 0 unspecified atom stereocenters. The van der Waals surface area contributed by atoms with Crippen LogP contribution in [0.15, 0.2) is 18.2 Å². The molecule has 1 aromatic carbocycles. The monoisotopic (exact) mass is 275 g/mol. The summed E-state index contributed by atoms with van der Waals surface area (Å²) in [7, 11) is 0. The molecule has 5 nitrogen and oxygen atoms in total. The lowest BCUT2D eigenvalue weighted by molar-refractivity contribution is -0.122. The zero-order chi connectivity index (χ0) is 14.7. The summed E-state index contributed by atoms with van der Waals surface area (Å²) < 4.78 is 0. The second-order valence-corrected chi connectivity index (χ2v) is 5.44.